The summed E-state index contributed by atoms with van der Waals surface area (Å²) in [6.45, 7) is 1.75. The maximum Gasteiger partial charge on any atom is 0.488 e. The molecule has 0 spiro atoms. The average molecular weight is 588 g/mol. The number of ketones is 2. The van der Waals surface area contributed by atoms with Gasteiger partial charge in [0.05, 0.1) is 22.0 Å². The van der Waals surface area contributed by atoms with Gasteiger partial charge in [-0.15, -0.1) is 0 Å². The van der Waals surface area contributed by atoms with E-state index in [4.69, 9.17) is 0 Å². The van der Waals surface area contributed by atoms with Crippen molar-refractivity contribution in [3.05, 3.63) is 86.9 Å². The van der Waals surface area contributed by atoms with Crippen LogP contribution in [0.15, 0.2) is 75.8 Å². The molecule has 1 aliphatic heterocycles. The van der Waals surface area contributed by atoms with E-state index in [2.05, 4.69) is 15.9 Å². The van der Waals surface area contributed by atoms with E-state index < -0.39 is 42.6 Å². The molecule has 10 heteroatoms. The van der Waals surface area contributed by atoms with Gasteiger partial charge in [0.2, 0.25) is 11.8 Å². The second-order valence-corrected chi connectivity index (χ2v) is 11.2. The minimum absolute atomic E-state index is 0.0155. The Balaban J connectivity index is 1.49. The van der Waals surface area contributed by atoms with Gasteiger partial charge in [-0.1, -0.05) is 42.0 Å². The number of para-hydroxylation sites is 1. The number of Topliss-reactive ketones (excluding diaryl/α,β-unsaturated/α-hetero) is 1. The smallest absolute Gasteiger partial charge is 0.488 e. The molecule has 2 amide bonds. The number of aryl methyl sites for hydroxylation is 1. The Labute approximate surface area is 232 Å². The summed E-state index contributed by atoms with van der Waals surface area (Å²) in [6.07, 6.45) is 3.51. The third kappa shape index (κ3) is 3.81. The van der Waals surface area contributed by atoms with E-state index >= 15 is 0 Å². The molecule has 1 heterocycles. The Hall–Kier alpha value is -3.60. The quantitative estimate of drug-likeness (QED) is 0.217. The van der Waals surface area contributed by atoms with Gasteiger partial charge in [-0.2, -0.15) is 0 Å². The second-order valence-electron chi connectivity index (χ2n) is 10.4. The molecular formula is C29H23BBrNO7. The van der Waals surface area contributed by atoms with Crippen molar-refractivity contribution < 1.29 is 34.3 Å². The maximum absolute atomic E-state index is 13.9. The fourth-order valence-electron chi connectivity index (χ4n) is 6.56. The van der Waals surface area contributed by atoms with Crippen LogP contribution in [0.2, 0.25) is 0 Å². The molecule has 8 nitrogen and oxygen atoms in total. The van der Waals surface area contributed by atoms with Crippen molar-refractivity contribution in [1.29, 1.82) is 0 Å². The SMILES string of the molecule is Cc1cccc([C@H]2C3=CC[C@@H]4C(=O)N(c5cccc(B(O)O)c5)C(=O)[C@@H]4[C@@H]3CC3=C2C(=O)C=C(Br)C3=O)c1O. The topological polar surface area (TPSA) is 132 Å². The van der Waals surface area contributed by atoms with Crippen LogP contribution >= 0.6 is 15.9 Å². The van der Waals surface area contributed by atoms with Gasteiger partial charge >= 0.3 is 7.12 Å². The summed E-state index contributed by atoms with van der Waals surface area (Å²) >= 11 is 3.21. The van der Waals surface area contributed by atoms with Crippen LogP contribution in [0.5, 0.6) is 5.75 Å². The highest BCUT2D eigenvalue weighted by Gasteiger charge is 2.57. The molecule has 3 N–H and O–H groups in total. The first-order valence-corrected chi connectivity index (χ1v) is 13.4. The Morgan fingerprint density at radius 2 is 1.74 bits per heavy atom. The van der Waals surface area contributed by atoms with Crippen LogP contribution in [0.4, 0.5) is 5.69 Å². The highest BCUT2D eigenvalue weighted by atomic mass is 79.9. The number of carbonyl (C=O) groups excluding carboxylic acids is 4. The fraction of sp³-hybridized carbons (Fsp3) is 0.241. The largest absolute Gasteiger partial charge is 0.507 e. The second kappa shape index (κ2) is 9.26. The zero-order valence-corrected chi connectivity index (χ0v) is 22.4. The number of benzene rings is 2. The number of fused-ring (bicyclic) bond motifs is 3. The predicted molar refractivity (Wildman–Crippen MR) is 146 cm³/mol. The van der Waals surface area contributed by atoms with Gasteiger partial charge in [-0.05, 0) is 64.8 Å². The lowest BCUT2D eigenvalue weighted by molar-refractivity contribution is -0.123. The summed E-state index contributed by atoms with van der Waals surface area (Å²) in [4.78, 5) is 55.2. The maximum atomic E-state index is 13.9. The van der Waals surface area contributed by atoms with Gasteiger partial charge in [0.1, 0.15) is 5.75 Å². The molecule has 0 unspecified atom stereocenters. The molecule has 0 bridgehead atoms. The first kappa shape index (κ1) is 25.7. The lowest BCUT2D eigenvalue weighted by atomic mass is 9.59. The van der Waals surface area contributed by atoms with Gasteiger partial charge < -0.3 is 15.2 Å². The van der Waals surface area contributed by atoms with Crippen LogP contribution in [0.25, 0.3) is 0 Å². The highest BCUT2D eigenvalue weighted by Crippen LogP contribution is 2.56. The third-order valence-corrected chi connectivity index (χ3v) is 8.93. The Morgan fingerprint density at radius 1 is 1.00 bits per heavy atom. The van der Waals surface area contributed by atoms with Crippen molar-refractivity contribution in [2.75, 3.05) is 4.90 Å². The van der Waals surface area contributed by atoms with Crippen LogP contribution in [0, 0.1) is 24.7 Å². The first-order valence-electron chi connectivity index (χ1n) is 12.6. The Bertz CT molecular complexity index is 1590. The number of hydrogen-bond acceptors (Lipinski definition) is 7. The van der Waals surface area contributed by atoms with E-state index in [1.54, 1.807) is 37.3 Å². The molecule has 4 aliphatic rings. The number of hydrogen-bond donors (Lipinski definition) is 3. The van der Waals surface area contributed by atoms with Crippen LogP contribution in [-0.4, -0.2) is 45.7 Å². The molecule has 1 fully saturated rings. The van der Waals surface area contributed by atoms with Gasteiger partial charge in [-0.25, -0.2) is 0 Å². The molecule has 2 aromatic carbocycles. The normalized spacial score (nSPS) is 26.2. The van der Waals surface area contributed by atoms with Crippen molar-refractivity contribution in [2.24, 2.45) is 17.8 Å². The highest BCUT2D eigenvalue weighted by molar-refractivity contribution is 9.12. The molecule has 0 radical (unpaired) electrons. The van der Waals surface area contributed by atoms with Crippen LogP contribution in [0.1, 0.15) is 29.9 Å². The van der Waals surface area contributed by atoms with Crippen LogP contribution in [-0.2, 0) is 19.2 Å². The number of aromatic hydroxyl groups is 1. The minimum Gasteiger partial charge on any atom is -0.507 e. The first-order chi connectivity index (χ1) is 18.6. The molecule has 6 rings (SSSR count). The predicted octanol–water partition coefficient (Wildman–Crippen LogP) is 2.35. The molecule has 1 saturated heterocycles. The average Bonchev–Trinajstić information content (AvgIpc) is 3.17. The zero-order valence-electron chi connectivity index (χ0n) is 20.8. The van der Waals surface area contributed by atoms with Crippen molar-refractivity contribution in [3.8, 4) is 5.75 Å². The van der Waals surface area contributed by atoms with Gasteiger partial charge in [0, 0.05) is 28.7 Å². The molecule has 196 valence electrons. The number of amides is 2. The molecular weight excluding hydrogens is 565 g/mol. The summed E-state index contributed by atoms with van der Waals surface area (Å²) in [6, 6.07) is 11.2. The Morgan fingerprint density at radius 3 is 2.49 bits per heavy atom. The third-order valence-electron chi connectivity index (χ3n) is 8.34. The molecule has 2 aromatic rings. The number of anilines is 1. The van der Waals surface area contributed by atoms with Crippen LogP contribution in [0.3, 0.4) is 0 Å². The Kier molecular flexibility index (Phi) is 6.09. The van der Waals surface area contributed by atoms with E-state index in [1.165, 1.54) is 18.2 Å². The van der Waals surface area contributed by atoms with E-state index in [9.17, 15) is 34.3 Å². The molecule has 3 aliphatic carbocycles. The number of imide groups is 1. The molecule has 0 aromatic heterocycles. The molecule has 39 heavy (non-hydrogen) atoms. The van der Waals surface area contributed by atoms with Crippen molar-refractivity contribution in [2.45, 2.75) is 25.7 Å². The van der Waals surface area contributed by atoms with Gasteiger partial charge in [0.25, 0.3) is 0 Å². The lowest BCUT2D eigenvalue weighted by Gasteiger charge is -2.42. The standard InChI is InChI=1S/C29H23BBrNO7/c1-13-4-2-7-17(26(13)34)23-16-8-9-18-24(19(16)11-20-25(23)22(33)12-21(31)27(20)35)29(37)32(28(18)36)15-6-3-5-14(10-15)30(38)39/h2-8,10,12,18-19,23-24,34,38-39H,9,11H2,1H3/t18-,19+,23+,24-/m0/s1. The number of phenols is 1. The summed E-state index contributed by atoms with van der Waals surface area (Å²) in [5.41, 5.74) is 2.79. The summed E-state index contributed by atoms with van der Waals surface area (Å²) in [5.74, 6) is -4.24. The van der Waals surface area contributed by atoms with E-state index in [0.717, 1.165) is 10.5 Å². The van der Waals surface area contributed by atoms with Gasteiger partial charge in [0.15, 0.2) is 11.6 Å². The van der Waals surface area contributed by atoms with E-state index in [0.29, 0.717) is 16.7 Å². The summed E-state index contributed by atoms with van der Waals surface area (Å²) in [7, 11) is -1.76. The van der Waals surface area contributed by atoms with E-state index in [1.807, 2.05) is 6.08 Å². The van der Waals surface area contributed by atoms with Crippen LogP contribution < -0.4 is 10.4 Å². The monoisotopic (exact) mass is 587 g/mol. The number of allylic oxidation sites excluding steroid dienone is 6. The lowest BCUT2D eigenvalue weighted by Crippen LogP contribution is -2.39. The zero-order chi connectivity index (χ0) is 27.7. The molecule has 0 saturated carbocycles. The van der Waals surface area contributed by atoms with Gasteiger partial charge in [-0.3, -0.25) is 24.1 Å². The molecule has 4 atom stereocenters. The number of rotatable bonds is 3. The van der Waals surface area contributed by atoms with E-state index in [-0.39, 0.29) is 51.4 Å². The van der Waals surface area contributed by atoms with Crippen molar-refractivity contribution in [1.82, 2.24) is 0 Å². The van der Waals surface area contributed by atoms with Crippen molar-refractivity contribution >= 4 is 57.6 Å². The number of halogens is 1. The minimum atomic E-state index is -1.76. The summed E-state index contributed by atoms with van der Waals surface area (Å²) < 4.78 is 0.132. The summed E-state index contributed by atoms with van der Waals surface area (Å²) in [5, 5.41) is 30.2. The number of carbonyl (C=O) groups is 4. The number of nitrogens with zero attached hydrogens (tertiary/aromatic N) is 1. The number of phenolic OH excluding ortho intramolecular Hbond substituents is 1. The van der Waals surface area contributed by atoms with Crippen molar-refractivity contribution in [3.63, 3.8) is 0 Å². The fourth-order valence-corrected chi connectivity index (χ4v) is 7.00.